The predicted octanol–water partition coefficient (Wildman–Crippen LogP) is 5.52. The van der Waals surface area contributed by atoms with Gasteiger partial charge in [0.1, 0.15) is 5.82 Å². The van der Waals surface area contributed by atoms with Crippen LogP contribution in [0.4, 0.5) is 0 Å². The molecule has 1 aliphatic heterocycles. The summed E-state index contributed by atoms with van der Waals surface area (Å²) < 4.78 is 0. The van der Waals surface area contributed by atoms with E-state index in [1.54, 1.807) is 0 Å². The number of fused-ring (bicyclic) bond motifs is 2. The molecule has 0 saturated heterocycles. The van der Waals surface area contributed by atoms with Crippen molar-refractivity contribution in [2.75, 3.05) is 6.54 Å². The maximum absolute atomic E-state index is 13.0. The molecule has 2 aromatic heterocycles. The van der Waals surface area contributed by atoms with E-state index < -0.39 is 0 Å². The Labute approximate surface area is 193 Å². The first kappa shape index (κ1) is 20.4. The van der Waals surface area contributed by atoms with Crippen LogP contribution in [0.2, 0.25) is 0 Å². The number of hydrogen-bond donors (Lipinski definition) is 2. The zero-order valence-electron chi connectivity index (χ0n) is 18.9. The molecule has 0 unspecified atom stereocenters. The standard InChI is InChI=1S/C28H30N4O/c33-28-23-18-32(16-15-25(23)30-27(31-28)20-11-5-2-6-12-20)17-22-21-13-7-8-14-24(21)29-26(22)19-9-3-1-4-10-19/h1,3-4,7-10,13-14,20,29H,2,5-6,11-12,15-18H2,(H,30,31,33). The summed E-state index contributed by atoms with van der Waals surface area (Å²) in [5.41, 5.74) is 6.73. The topological polar surface area (TPSA) is 64.8 Å². The molecule has 33 heavy (non-hydrogen) atoms. The Hall–Kier alpha value is -3.18. The van der Waals surface area contributed by atoms with Crippen LogP contribution in [0.3, 0.4) is 0 Å². The van der Waals surface area contributed by atoms with Crippen molar-refractivity contribution in [3.63, 3.8) is 0 Å². The molecule has 2 aromatic carbocycles. The molecule has 168 valence electrons. The first-order chi connectivity index (χ1) is 16.3. The molecule has 2 aliphatic rings. The van der Waals surface area contributed by atoms with Crippen molar-refractivity contribution in [2.45, 2.75) is 57.5 Å². The molecule has 0 spiro atoms. The molecule has 5 heteroatoms. The van der Waals surface area contributed by atoms with Gasteiger partial charge in [0.25, 0.3) is 5.56 Å². The van der Waals surface area contributed by atoms with Crippen molar-refractivity contribution in [1.29, 1.82) is 0 Å². The van der Waals surface area contributed by atoms with Crippen LogP contribution in [-0.2, 0) is 19.5 Å². The van der Waals surface area contributed by atoms with E-state index >= 15 is 0 Å². The zero-order valence-corrected chi connectivity index (χ0v) is 18.9. The van der Waals surface area contributed by atoms with Gasteiger partial charge in [-0.25, -0.2) is 4.98 Å². The third kappa shape index (κ3) is 3.91. The molecule has 3 heterocycles. The minimum Gasteiger partial charge on any atom is -0.354 e. The van der Waals surface area contributed by atoms with E-state index in [0.29, 0.717) is 12.5 Å². The summed E-state index contributed by atoms with van der Waals surface area (Å²) in [5, 5.41) is 1.25. The smallest absolute Gasteiger partial charge is 0.255 e. The van der Waals surface area contributed by atoms with Crippen LogP contribution in [0.15, 0.2) is 59.4 Å². The number of rotatable bonds is 4. The molecule has 0 radical (unpaired) electrons. The fourth-order valence-corrected chi connectivity index (χ4v) is 5.64. The van der Waals surface area contributed by atoms with Gasteiger partial charge < -0.3 is 9.97 Å². The molecule has 2 N–H and O–H groups in total. The Morgan fingerprint density at radius 3 is 2.58 bits per heavy atom. The maximum atomic E-state index is 13.0. The zero-order chi connectivity index (χ0) is 22.2. The van der Waals surface area contributed by atoms with Gasteiger partial charge in [-0.05, 0) is 30.0 Å². The molecule has 1 fully saturated rings. The highest BCUT2D eigenvalue weighted by Crippen LogP contribution is 2.33. The van der Waals surface area contributed by atoms with Crippen LogP contribution in [-0.4, -0.2) is 26.4 Å². The van der Waals surface area contributed by atoms with E-state index in [1.165, 1.54) is 41.5 Å². The van der Waals surface area contributed by atoms with Gasteiger partial charge in [-0.1, -0.05) is 67.8 Å². The van der Waals surface area contributed by atoms with Crippen LogP contribution in [0.1, 0.15) is 60.7 Å². The fourth-order valence-electron chi connectivity index (χ4n) is 5.64. The number of H-pyrrole nitrogens is 2. The summed E-state index contributed by atoms with van der Waals surface area (Å²) in [6, 6.07) is 19.0. The molecule has 1 saturated carbocycles. The van der Waals surface area contributed by atoms with Crippen molar-refractivity contribution in [3.8, 4) is 11.3 Å². The first-order valence-electron chi connectivity index (χ1n) is 12.3. The molecule has 0 atom stereocenters. The van der Waals surface area contributed by atoms with E-state index in [2.05, 4.69) is 63.4 Å². The van der Waals surface area contributed by atoms with Crippen LogP contribution >= 0.6 is 0 Å². The average Bonchev–Trinajstić information content (AvgIpc) is 3.24. The molecule has 5 nitrogen and oxygen atoms in total. The maximum Gasteiger partial charge on any atom is 0.255 e. The second-order valence-electron chi connectivity index (χ2n) is 9.56. The third-order valence-corrected chi connectivity index (χ3v) is 7.42. The van der Waals surface area contributed by atoms with E-state index in [4.69, 9.17) is 4.98 Å². The minimum atomic E-state index is 0.0625. The van der Waals surface area contributed by atoms with Crippen molar-refractivity contribution in [1.82, 2.24) is 19.9 Å². The van der Waals surface area contributed by atoms with Crippen molar-refractivity contribution >= 4 is 10.9 Å². The Balaban J connectivity index is 1.31. The summed E-state index contributed by atoms with van der Waals surface area (Å²) in [6.07, 6.45) is 6.93. The van der Waals surface area contributed by atoms with E-state index in [0.717, 1.165) is 55.0 Å². The van der Waals surface area contributed by atoms with Gasteiger partial charge in [0, 0.05) is 42.9 Å². The normalized spacial score (nSPS) is 17.3. The molecule has 6 rings (SSSR count). The van der Waals surface area contributed by atoms with Crippen molar-refractivity contribution in [2.24, 2.45) is 0 Å². The summed E-state index contributed by atoms with van der Waals surface area (Å²) >= 11 is 0. The van der Waals surface area contributed by atoms with Crippen LogP contribution in [0.5, 0.6) is 0 Å². The minimum absolute atomic E-state index is 0.0625. The number of aromatic amines is 2. The predicted molar refractivity (Wildman–Crippen MR) is 132 cm³/mol. The van der Waals surface area contributed by atoms with Gasteiger partial charge in [-0.2, -0.15) is 0 Å². The Morgan fingerprint density at radius 2 is 1.73 bits per heavy atom. The lowest BCUT2D eigenvalue weighted by atomic mass is 9.88. The van der Waals surface area contributed by atoms with E-state index in [9.17, 15) is 4.79 Å². The summed E-state index contributed by atoms with van der Waals surface area (Å²) in [4.78, 5) is 27.2. The van der Waals surface area contributed by atoms with Gasteiger partial charge in [-0.3, -0.25) is 9.69 Å². The lowest BCUT2D eigenvalue weighted by Gasteiger charge is -2.29. The summed E-state index contributed by atoms with van der Waals surface area (Å²) in [7, 11) is 0. The quantitative estimate of drug-likeness (QED) is 0.441. The van der Waals surface area contributed by atoms with Gasteiger partial charge in [0.15, 0.2) is 0 Å². The molecule has 1 aliphatic carbocycles. The van der Waals surface area contributed by atoms with E-state index in [-0.39, 0.29) is 5.56 Å². The van der Waals surface area contributed by atoms with Gasteiger partial charge in [0.05, 0.1) is 17.0 Å². The fraction of sp³-hybridized carbons (Fsp3) is 0.357. The molecule has 0 amide bonds. The molecular formula is C28H30N4O. The summed E-state index contributed by atoms with van der Waals surface area (Å²) in [5.74, 6) is 1.35. The van der Waals surface area contributed by atoms with Gasteiger partial charge in [-0.15, -0.1) is 0 Å². The van der Waals surface area contributed by atoms with Crippen LogP contribution in [0, 0.1) is 0 Å². The number of para-hydroxylation sites is 1. The Bertz CT molecular complexity index is 1330. The highest BCUT2D eigenvalue weighted by molar-refractivity contribution is 5.90. The number of aromatic nitrogens is 3. The largest absolute Gasteiger partial charge is 0.354 e. The number of nitrogens with zero attached hydrogens (tertiary/aromatic N) is 2. The molecule has 0 bridgehead atoms. The first-order valence-corrected chi connectivity index (χ1v) is 12.3. The van der Waals surface area contributed by atoms with Crippen molar-refractivity contribution < 1.29 is 0 Å². The monoisotopic (exact) mass is 438 g/mol. The highest BCUT2D eigenvalue weighted by atomic mass is 16.1. The Morgan fingerprint density at radius 1 is 0.939 bits per heavy atom. The molecule has 4 aromatic rings. The second-order valence-corrected chi connectivity index (χ2v) is 9.56. The van der Waals surface area contributed by atoms with Crippen molar-refractivity contribution in [3.05, 3.63) is 87.6 Å². The summed E-state index contributed by atoms with van der Waals surface area (Å²) in [6.45, 7) is 2.37. The SMILES string of the molecule is O=c1[nH]c(C2CCCCC2)nc2c1CN(Cc1c(-c3ccccc3)[nH]c3ccccc13)CC2. The van der Waals surface area contributed by atoms with E-state index in [1.807, 2.05) is 6.07 Å². The van der Waals surface area contributed by atoms with Gasteiger partial charge in [0.2, 0.25) is 0 Å². The number of nitrogens with one attached hydrogen (secondary N) is 2. The van der Waals surface area contributed by atoms with Crippen LogP contribution in [0.25, 0.3) is 22.2 Å². The lowest BCUT2D eigenvalue weighted by molar-refractivity contribution is 0.242. The van der Waals surface area contributed by atoms with Gasteiger partial charge >= 0.3 is 0 Å². The molecular weight excluding hydrogens is 408 g/mol. The van der Waals surface area contributed by atoms with Crippen LogP contribution < -0.4 is 5.56 Å². The highest BCUT2D eigenvalue weighted by Gasteiger charge is 2.26. The number of hydrogen-bond acceptors (Lipinski definition) is 3. The Kier molecular flexibility index (Phi) is 5.35. The lowest BCUT2D eigenvalue weighted by Crippen LogP contribution is -2.36. The average molecular weight is 439 g/mol. The second kappa shape index (κ2) is 8.64. The number of benzene rings is 2. The third-order valence-electron chi connectivity index (χ3n) is 7.42.